The summed E-state index contributed by atoms with van der Waals surface area (Å²) in [5.74, 6) is 0.805. The van der Waals surface area contributed by atoms with E-state index >= 15 is 0 Å². The fourth-order valence-corrected chi connectivity index (χ4v) is 3.14. The lowest BCUT2D eigenvalue weighted by Gasteiger charge is -2.36. The van der Waals surface area contributed by atoms with Gasteiger partial charge in [-0.2, -0.15) is 0 Å². The van der Waals surface area contributed by atoms with Crippen molar-refractivity contribution in [2.24, 2.45) is 0 Å². The van der Waals surface area contributed by atoms with Crippen LogP contribution in [0.15, 0.2) is 54.6 Å². The van der Waals surface area contributed by atoms with Crippen molar-refractivity contribution in [3.63, 3.8) is 0 Å². The molecule has 7 heteroatoms. The lowest BCUT2D eigenvalue weighted by atomic mass is 10.2. The summed E-state index contributed by atoms with van der Waals surface area (Å²) < 4.78 is 5.70. The first-order valence-electron chi connectivity index (χ1n) is 9.26. The van der Waals surface area contributed by atoms with Crippen molar-refractivity contribution in [2.45, 2.75) is 6.92 Å². The number of nitrogens with zero attached hydrogens (tertiary/aromatic N) is 3. The number of amides is 1. The molecular weight excluding hydrogens is 358 g/mol. The van der Waals surface area contributed by atoms with E-state index in [-0.39, 0.29) is 11.6 Å². The van der Waals surface area contributed by atoms with E-state index in [9.17, 15) is 14.9 Å². The average Bonchev–Trinajstić information content (AvgIpc) is 2.73. The van der Waals surface area contributed by atoms with Crippen molar-refractivity contribution in [1.29, 1.82) is 0 Å². The van der Waals surface area contributed by atoms with Crippen molar-refractivity contribution in [3.8, 4) is 5.75 Å². The Hall–Kier alpha value is -3.35. The third kappa shape index (κ3) is 4.68. The summed E-state index contributed by atoms with van der Waals surface area (Å²) in [6.45, 7) is 5.31. The number of carbonyl (C=O) groups excluding carboxylic acids is 1. The van der Waals surface area contributed by atoms with Crippen LogP contribution in [-0.2, 0) is 4.79 Å². The molecule has 2 aromatic carbocycles. The Kier molecular flexibility index (Phi) is 6.26. The van der Waals surface area contributed by atoms with E-state index < -0.39 is 4.92 Å². The van der Waals surface area contributed by atoms with Gasteiger partial charge in [-0.1, -0.05) is 12.1 Å². The smallest absolute Gasteiger partial charge is 0.269 e. The molecule has 0 spiro atoms. The molecule has 7 nitrogen and oxygen atoms in total. The van der Waals surface area contributed by atoms with Crippen molar-refractivity contribution in [1.82, 2.24) is 4.90 Å². The molecule has 1 heterocycles. The second-order valence-corrected chi connectivity index (χ2v) is 6.40. The minimum absolute atomic E-state index is 0.0342. The van der Waals surface area contributed by atoms with Crippen LogP contribution in [0.1, 0.15) is 12.5 Å². The van der Waals surface area contributed by atoms with Gasteiger partial charge in [0.25, 0.3) is 5.69 Å². The molecule has 0 aliphatic carbocycles. The topological polar surface area (TPSA) is 75.9 Å². The van der Waals surface area contributed by atoms with E-state index in [0.29, 0.717) is 19.7 Å². The van der Waals surface area contributed by atoms with Gasteiger partial charge in [0.05, 0.1) is 17.2 Å². The third-order valence-electron chi connectivity index (χ3n) is 4.62. The molecule has 146 valence electrons. The minimum Gasteiger partial charge on any atom is -0.492 e. The summed E-state index contributed by atoms with van der Waals surface area (Å²) in [5.41, 5.74) is 1.84. The number of ether oxygens (including phenoxy) is 1. The van der Waals surface area contributed by atoms with E-state index in [1.54, 1.807) is 18.2 Å². The summed E-state index contributed by atoms with van der Waals surface area (Å²) in [7, 11) is 0. The Bertz CT molecular complexity index is 856. The van der Waals surface area contributed by atoms with Gasteiger partial charge in [-0.15, -0.1) is 0 Å². The quantitative estimate of drug-likeness (QED) is 0.436. The molecule has 0 saturated carbocycles. The normalized spacial score (nSPS) is 14.3. The number of nitro benzene ring substituents is 1. The number of nitro groups is 1. The number of non-ortho nitro benzene ring substituents is 1. The molecule has 0 atom stereocenters. The average molecular weight is 381 g/mol. The highest BCUT2D eigenvalue weighted by molar-refractivity contribution is 5.92. The number of anilines is 1. The van der Waals surface area contributed by atoms with Crippen molar-refractivity contribution < 1.29 is 14.5 Å². The van der Waals surface area contributed by atoms with Crippen molar-refractivity contribution in [2.75, 3.05) is 37.7 Å². The first-order valence-corrected chi connectivity index (χ1v) is 9.26. The molecular formula is C21H23N3O4. The molecule has 1 amide bonds. The van der Waals surface area contributed by atoms with E-state index in [0.717, 1.165) is 30.1 Å². The summed E-state index contributed by atoms with van der Waals surface area (Å²) >= 11 is 0. The molecule has 1 aliphatic heterocycles. The Morgan fingerprint density at radius 1 is 1.11 bits per heavy atom. The molecule has 28 heavy (non-hydrogen) atoms. The summed E-state index contributed by atoms with van der Waals surface area (Å²) in [4.78, 5) is 26.7. The fraction of sp³-hybridized carbons (Fsp3) is 0.286. The lowest BCUT2D eigenvalue weighted by Crippen LogP contribution is -2.48. The van der Waals surface area contributed by atoms with E-state index in [1.165, 1.54) is 18.2 Å². The van der Waals surface area contributed by atoms with Gasteiger partial charge in [0.2, 0.25) is 5.91 Å². The Labute approximate surface area is 164 Å². The van der Waals surface area contributed by atoms with Gasteiger partial charge < -0.3 is 14.5 Å². The summed E-state index contributed by atoms with van der Waals surface area (Å²) in [6, 6.07) is 14.1. The molecule has 1 fully saturated rings. The van der Waals surface area contributed by atoms with Gasteiger partial charge in [-0.25, -0.2) is 0 Å². The highest BCUT2D eigenvalue weighted by Gasteiger charge is 2.21. The monoisotopic (exact) mass is 381 g/mol. The maximum atomic E-state index is 12.4. The third-order valence-corrected chi connectivity index (χ3v) is 4.62. The Balaban J connectivity index is 1.57. The standard InChI is InChI=1S/C21H23N3O4/c1-2-28-20-6-4-3-5-19(20)22-13-15-23(16-14-22)21(25)12-9-17-7-10-18(11-8-17)24(26)27/h3-12H,2,13-16H2,1H3/b12-9+. The maximum Gasteiger partial charge on any atom is 0.269 e. The van der Waals surface area contributed by atoms with Crippen LogP contribution >= 0.6 is 0 Å². The fourth-order valence-electron chi connectivity index (χ4n) is 3.14. The zero-order chi connectivity index (χ0) is 19.9. The number of carbonyl (C=O) groups is 1. The molecule has 0 unspecified atom stereocenters. The molecule has 0 bridgehead atoms. The highest BCUT2D eigenvalue weighted by Crippen LogP contribution is 2.28. The van der Waals surface area contributed by atoms with Gasteiger partial charge >= 0.3 is 0 Å². The molecule has 0 aromatic heterocycles. The van der Waals surface area contributed by atoms with Crippen LogP contribution in [0.5, 0.6) is 5.75 Å². The van der Waals surface area contributed by atoms with Crippen LogP contribution in [0.4, 0.5) is 11.4 Å². The number of rotatable bonds is 6. The molecule has 2 aromatic rings. The first kappa shape index (κ1) is 19.4. The largest absolute Gasteiger partial charge is 0.492 e. The van der Waals surface area contributed by atoms with E-state index in [1.807, 2.05) is 36.1 Å². The second-order valence-electron chi connectivity index (χ2n) is 6.40. The Morgan fingerprint density at radius 2 is 1.79 bits per heavy atom. The summed E-state index contributed by atoms with van der Waals surface area (Å²) in [6.07, 6.45) is 3.20. The number of para-hydroxylation sites is 2. The van der Waals surface area contributed by atoms with Crippen LogP contribution in [0.3, 0.4) is 0 Å². The second kappa shape index (κ2) is 9.03. The number of hydrogen-bond donors (Lipinski definition) is 0. The van der Waals surface area contributed by atoms with Crippen LogP contribution in [0.25, 0.3) is 6.08 Å². The van der Waals surface area contributed by atoms with Crippen LogP contribution < -0.4 is 9.64 Å². The van der Waals surface area contributed by atoms with E-state index in [4.69, 9.17) is 4.74 Å². The van der Waals surface area contributed by atoms with Crippen LogP contribution in [-0.4, -0.2) is 48.5 Å². The maximum absolute atomic E-state index is 12.4. The van der Waals surface area contributed by atoms with Gasteiger partial charge in [0.15, 0.2) is 0 Å². The zero-order valence-electron chi connectivity index (χ0n) is 15.8. The molecule has 0 N–H and O–H groups in total. The highest BCUT2D eigenvalue weighted by atomic mass is 16.6. The van der Waals surface area contributed by atoms with Crippen LogP contribution in [0.2, 0.25) is 0 Å². The number of piperazine rings is 1. The predicted octanol–water partition coefficient (Wildman–Crippen LogP) is 3.36. The van der Waals surface area contributed by atoms with Gasteiger partial charge in [0, 0.05) is 44.4 Å². The molecule has 1 aliphatic rings. The molecule has 3 rings (SSSR count). The Morgan fingerprint density at radius 3 is 2.43 bits per heavy atom. The number of benzene rings is 2. The van der Waals surface area contributed by atoms with Crippen LogP contribution in [0, 0.1) is 10.1 Å². The lowest BCUT2D eigenvalue weighted by molar-refractivity contribution is -0.384. The molecule has 1 saturated heterocycles. The first-order chi connectivity index (χ1) is 13.6. The van der Waals surface area contributed by atoms with Crippen molar-refractivity contribution >= 4 is 23.4 Å². The number of hydrogen-bond acceptors (Lipinski definition) is 5. The SMILES string of the molecule is CCOc1ccccc1N1CCN(C(=O)/C=C/c2ccc([N+](=O)[O-])cc2)CC1. The molecule has 0 radical (unpaired) electrons. The zero-order valence-corrected chi connectivity index (χ0v) is 15.8. The van der Waals surface area contributed by atoms with Gasteiger partial charge in [-0.3, -0.25) is 14.9 Å². The summed E-state index contributed by atoms with van der Waals surface area (Å²) in [5, 5.41) is 10.7. The van der Waals surface area contributed by atoms with Gasteiger partial charge in [-0.05, 0) is 42.8 Å². The predicted molar refractivity (Wildman–Crippen MR) is 109 cm³/mol. The van der Waals surface area contributed by atoms with E-state index in [2.05, 4.69) is 4.90 Å². The van der Waals surface area contributed by atoms with Crippen molar-refractivity contribution in [3.05, 3.63) is 70.3 Å². The van der Waals surface area contributed by atoms with Gasteiger partial charge in [0.1, 0.15) is 5.75 Å². The minimum atomic E-state index is -0.443.